The van der Waals surface area contributed by atoms with E-state index in [2.05, 4.69) is 0 Å². The van der Waals surface area contributed by atoms with Gasteiger partial charge >= 0.3 is 0 Å². The average Bonchev–Trinajstić information content (AvgIpc) is 2.24. The molecule has 0 heterocycles. The van der Waals surface area contributed by atoms with Crippen LogP contribution in [0.5, 0.6) is 0 Å². The van der Waals surface area contributed by atoms with Gasteiger partial charge in [0.15, 0.2) is 0 Å². The highest BCUT2D eigenvalue weighted by molar-refractivity contribution is 7.90. The van der Waals surface area contributed by atoms with Crippen LogP contribution in [0.1, 0.15) is 18.6 Å². The minimum absolute atomic E-state index is 0.0140. The molecule has 0 aliphatic heterocycles. The fraction of sp³-hybridized carbons (Fsp3) is 0.500. The first-order valence-corrected chi connectivity index (χ1v) is 7.63. The van der Waals surface area contributed by atoms with Crippen molar-refractivity contribution in [2.45, 2.75) is 13.0 Å². The van der Waals surface area contributed by atoms with E-state index in [1.54, 1.807) is 24.9 Å². The van der Waals surface area contributed by atoms with Crippen LogP contribution in [-0.2, 0) is 9.84 Å². The van der Waals surface area contributed by atoms with E-state index in [9.17, 15) is 17.9 Å². The molecule has 4 nitrogen and oxygen atoms in total. The zero-order valence-corrected chi connectivity index (χ0v) is 11.5. The third-order valence-electron chi connectivity index (χ3n) is 2.65. The van der Waals surface area contributed by atoms with E-state index in [0.29, 0.717) is 17.8 Å². The highest BCUT2D eigenvalue weighted by Gasteiger charge is 2.14. The zero-order valence-electron chi connectivity index (χ0n) is 10.7. The quantitative estimate of drug-likeness (QED) is 0.881. The number of anilines is 1. The van der Waals surface area contributed by atoms with Gasteiger partial charge in [0.25, 0.3) is 0 Å². The summed E-state index contributed by atoms with van der Waals surface area (Å²) in [5.74, 6) is -0.411. The summed E-state index contributed by atoms with van der Waals surface area (Å²) < 4.78 is 35.3. The van der Waals surface area contributed by atoms with Gasteiger partial charge in [-0.05, 0) is 25.1 Å². The lowest BCUT2D eigenvalue weighted by atomic mass is 10.1. The molecule has 0 saturated carbocycles. The van der Waals surface area contributed by atoms with E-state index in [0.717, 1.165) is 0 Å². The van der Waals surface area contributed by atoms with Crippen molar-refractivity contribution in [3.63, 3.8) is 0 Å². The number of hydrogen-bond acceptors (Lipinski definition) is 4. The summed E-state index contributed by atoms with van der Waals surface area (Å²) in [4.78, 5) is 1.70. The predicted octanol–water partition coefficient (Wildman–Crippen LogP) is 1.36. The summed E-state index contributed by atoms with van der Waals surface area (Å²) in [6.07, 6.45) is 0.359. The van der Waals surface area contributed by atoms with Gasteiger partial charge in [-0.15, -0.1) is 0 Å². The van der Waals surface area contributed by atoms with Crippen molar-refractivity contribution < 1.29 is 17.9 Å². The van der Waals surface area contributed by atoms with E-state index < -0.39 is 21.8 Å². The van der Waals surface area contributed by atoms with Crippen LogP contribution < -0.4 is 4.90 Å². The molecule has 18 heavy (non-hydrogen) atoms. The first kappa shape index (κ1) is 14.9. The van der Waals surface area contributed by atoms with Crippen molar-refractivity contribution in [3.8, 4) is 0 Å². The molecule has 0 aliphatic carbocycles. The van der Waals surface area contributed by atoms with Crippen LogP contribution in [0.25, 0.3) is 0 Å². The topological polar surface area (TPSA) is 57.6 Å². The molecule has 1 atom stereocenters. The third kappa shape index (κ3) is 4.27. The van der Waals surface area contributed by atoms with Gasteiger partial charge in [0.2, 0.25) is 0 Å². The van der Waals surface area contributed by atoms with Crippen molar-refractivity contribution in [3.05, 3.63) is 29.6 Å². The van der Waals surface area contributed by atoms with E-state index in [-0.39, 0.29) is 5.75 Å². The standard InChI is InChI=1S/C12H18FNO3S/c1-9(15)11-8-10(13)4-5-12(11)14(2)6-7-18(3,16)17/h4-5,8-9,15H,6-7H2,1-3H3/t9-/m1/s1. The van der Waals surface area contributed by atoms with Crippen LogP contribution >= 0.6 is 0 Å². The Morgan fingerprint density at radius 2 is 2.06 bits per heavy atom. The lowest BCUT2D eigenvalue weighted by Gasteiger charge is -2.23. The summed E-state index contributed by atoms with van der Waals surface area (Å²) in [6, 6.07) is 4.09. The van der Waals surface area contributed by atoms with Gasteiger partial charge in [-0.1, -0.05) is 0 Å². The molecule has 6 heteroatoms. The highest BCUT2D eigenvalue weighted by Crippen LogP contribution is 2.26. The summed E-state index contributed by atoms with van der Waals surface area (Å²) in [5.41, 5.74) is 1.08. The van der Waals surface area contributed by atoms with Crippen LogP contribution in [0.2, 0.25) is 0 Å². The number of sulfone groups is 1. The number of nitrogens with zero attached hydrogens (tertiary/aromatic N) is 1. The number of aliphatic hydroxyl groups excluding tert-OH is 1. The first-order valence-electron chi connectivity index (χ1n) is 5.57. The number of hydrogen-bond donors (Lipinski definition) is 1. The maximum atomic E-state index is 13.1. The van der Waals surface area contributed by atoms with Gasteiger partial charge in [0, 0.05) is 31.1 Å². The van der Waals surface area contributed by atoms with Gasteiger partial charge < -0.3 is 10.0 Å². The molecular formula is C12H18FNO3S. The molecular weight excluding hydrogens is 257 g/mol. The second-order valence-electron chi connectivity index (χ2n) is 4.43. The first-order chi connectivity index (χ1) is 8.20. The highest BCUT2D eigenvalue weighted by atomic mass is 32.2. The van der Waals surface area contributed by atoms with Gasteiger partial charge in [-0.3, -0.25) is 0 Å². The number of aliphatic hydroxyl groups is 1. The van der Waals surface area contributed by atoms with E-state index >= 15 is 0 Å². The van der Waals surface area contributed by atoms with E-state index in [4.69, 9.17) is 0 Å². The molecule has 1 aromatic carbocycles. The second-order valence-corrected chi connectivity index (χ2v) is 6.69. The average molecular weight is 275 g/mol. The largest absolute Gasteiger partial charge is 0.389 e. The van der Waals surface area contributed by atoms with Crippen molar-refractivity contribution in [2.75, 3.05) is 30.5 Å². The minimum atomic E-state index is -3.05. The molecule has 0 saturated heterocycles. The Morgan fingerprint density at radius 3 is 2.56 bits per heavy atom. The molecule has 0 spiro atoms. The van der Waals surface area contributed by atoms with E-state index in [1.807, 2.05) is 0 Å². The van der Waals surface area contributed by atoms with Crippen LogP contribution in [0, 0.1) is 5.82 Å². The maximum Gasteiger partial charge on any atom is 0.149 e. The summed E-state index contributed by atoms with van der Waals surface area (Å²) in [5, 5.41) is 9.59. The number of benzene rings is 1. The van der Waals surface area contributed by atoms with Crippen LogP contribution in [0.3, 0.4) is 0 Å². The zero-order chi connectivity index (χ0) is 13.9. The molecule has 0 amide bonds. The molecule has 1 N–H and O–H groups in total. The number of rotatable bonds is 5. The minimum Gasteiger partial charge on any atom is -0.389 e. The Balaban J connectivity index is 2.95. The molecule has 0 fully saturated rings. The Kier molecular flexibility index (Phi) is 4.70. The Bertz CT molecular complexity index is 514. The number of halogens is 1. The van der Waals surface area contributed by atoms with Gasteiger partial charge in [-0.2, -0.15) is 0 Å². The van der Waals surface area contributed by atoms with Crippen molar-refractivity contribution in [1.29, 1.82) is 0 Å². The second kappa shape index (κ2) is 5.67. The summed E-state index contributed by atoms with van der Waals surface area (Å²) in [7, 11) is -1.33. The smallest absolute Gasteiger partial charge is 0.149 e. The molecule has 0 aromatic heterocycles. The Hall–Kier alpha value is -1.14. The molecule has 0 unspecified atom stereocenters. The molecule has 1 rings (SSSR count). The van der Waals surface area contributed by atoms with Gasteiger partial charge in [0.1, 0.15) is 15.7 Å². The maximum absolute atomic E-state index is 13.1. The molecule has 1 aromatic rings. The van der Waals surface area contributed by atoms with Crippen LogP contribution in [-0.4, -0.2) is 39.1 Å². The Labute approximate surface area is 107 Å². The van der Waals surface area contributed by atoms with Crippen LogP contribution in [0.15, 0.2) is 18.2 Å². The van der Waals surface area contributed by atoms with Crippen molar-refractivity contribution in [1.82, 2.24) is 0 Å². The SMILES string of the molecule is C[C@@H](O)c1cc(F)ccc1N(C)CCS(C)(=O)=O. The fourth-order valence-electron chi connectivity index (χ4n) is 1.63. The summed E-state index contributed by atoms with van der Waals surface area (Å²) >= 11 is 0. The fourth-order valence-corrected chi connectivity index (χ4v) is 2.24. The molecule has 102 valence electrons. The lowest BCUT2D eigenvalue weighted by Crippen LogP contribution is -2.26. The monoisotopic (exact) mass is 275 g/mol. The van der Waals surface area contributed by atoms with Crippen LogP contribution in [0.4, 0.5) is 10.1 Å². The molecule has 0 aliphatic rings. The Morgan fingerprint density at radius 1 is 1.44 bits per heavy atom. The molecule has 0 radical (unpaired) electrons. The van der Waals surface area contributed by atoms with E-state index in [1.165, 1.54) is 18.4 Å². The lowest BCUT2D eigenvalue weighted by molar-refractivity contribution is 0.199. The van der Waals surface area contributed by atoms with Gasteiger partial charge in [-0.25, -0.2) is 12.8 Å². The predicted molar refractivity (Wildman–Crippen MR) is 70.0 cm³/mol. The van der Waals surface area contributed by atoms with Crippen molar-refractivity contribution >= 4 is 15.5 Å². The third-order valence-corrected chi connectivity index (χ3v) is 3.57. The normalized spacial score (nSPS) is 13.4. The van der Waals surface area contributed by atoms with Gasteiger partial charge in [0.05, 0.1) is 11.9 Å². The molecule has 0 bridgehead atoms. The van der Waals surface area contributed by atoms with Crippen molar-refractivity contribution in [2.24, 2.45) is 0 Å². The summed E-state index contributed by atoms with van der Waals surface area (Å²) in [6.45, 7) is 1.84.